The van der Waals surface area contributed by atoms with Gasteiger partial charge in [0.25, 0.3) is 0 Å². The van der Waals surface area contributed by atoms with Crippen LogP contribution < -0.4 is 5.73 Å². The number of para-hydroxylation sites is 2. The first-order valence-electron chi connectivity index (χ1n) is 5.23. The molecular formula is C13H10FN3. The molecule has 0 atom stereocenters. The summed E-state index contributed by atoms with van der Waals surface area (Å²) < 4.78 is 15.0. The standard InChI is InChI=1S/C13H10FN3/c14-9-5-6-10(15)13(7-9)17-8-16-11-3-1-2-4-12(11)17/h1-8H,15H2. The maximum absolute atomic E-state index is 13.2. The van der Waals surface area contributed by atoms with Gasteiger partial charge in [0.05, 0.1) is 22.4 Å². The molecule has 3 aromatic rings. The van der Waals surface area contributed by atoms with Gasteiger partial charge in [0.2, 0.25) is 0 Å². The number of nitrogens with two attached hydrogens (primary N) is 1. The van der Waals surface area contributed by atoms with Crippen molar-refractivity contribution in [3.8, 4) is 5.69 Å². The molecule has 0 aliphatic carbocycles. The molecular weight excluding hydrogens is 217 g/mol. The molecule has 0 radical (unpaired) electrons. The Balaban J connectivity index is 2.31. The first-order chi connectivity index (χ1) is 8.25. The Bertz CT molecular complexity index is 688. The average Bonchev–Trinajstić information content (AvgIpc) is 2.76. The Hall–Kier alpha value is -2.36. The average molecular weight is 227 g/mol. The zero-order valence-corrected chi connectivity index (χ0v) is 8.97. The van der Waals surface area contributed by atoms with E-state index in [1.807, 2.05) is 24.3 Å². The van der Waals surface area contributed by atoms with Crippen LogP contribution in [0.15, 0.2) is 48.8 Å². The summed E-state index contributed by atoms with van der Waals surface area (Å²) in [6.45, 7) is 0. The number of hydrogen-bond acceptors (Lipinski definition) is 2. The van der Waals surface area contributed by atoms with Crippen LogP contribution in [0.25, 0.3) is 16.7 Å². The molecule has 0 spiro atoms. The Labute approximate surface area is 97.3 Å². The fourth-order valence-corrected chi connectivity index (χ4v) is 1.88. The van der Waals surface area contributed by atoms with Crippen LogP contribution in [0.4, 0.5) is 10.1 Å². The van der Waals surface area contributed by atoms with Crippen molar-refractivity contribution in [2.45, 2.75) is 0 Å². The number of aromatic nitrogens is 2. The normalized spacial score (nSPS) is 10.9. The van der Waals surface area contributed by atoms with Crippen molar-refractivity contribution < 1.29 is 4.39 Å². The van der Waals surface area contributed by atoms with Gasteiger partial charge in [0, 0.05) is 6.07 Å². The minimum atomic E-state index is -0.313. The number of rotatable bonds is 1. The smallest absolute Gasteiger partial charge is 0.125 e. The van der Waals surface area contributed by atoms with Gasteiger partial charge in [-0.3, -0.25) is 4.57 Å². The fourth-order valence-electron chi connectivity index (χ4n) is 1.88. The van der Waals surface area contributed by atoms with E-state index >= 15 is 0 Å². The van der Waals surface area contributed by atoms with E-state index in [9.17, 15) is 4.39 Å². The van der Waals surface area contributed by atoms with Crippen molar-refractivity contribution in [1.29, 1.82) is 0 Å². The number of nitrogen functional groups attached to an aromatic ring is 1. The van der Waals surface area contributed by atoms with Crippen molar-refractivity contribution in [3.63, 3.8) is 0 Å². The van der Waals surface area contributed by atoms with E-state index in [4.69, 9.17) is 5.73 Å². The molecule has 0 aliphatic heterocycles. The maximum atomic E-state index is 13.2. The third kappa shape index (κ3) is 1.54. The summed E-state index contributed by atoms with van der Waals surface area (Å²) in [7, 11) is 0. The Kier molecular flexibility index (Phi) is 2.08. The number of anilines is 1. The molecule has 84 valence electrons. The van der Waals surface area contributed by atoms with Gasteiger partial charge >= 0.3 is 0 Å². The van der Waals surface area contributed by atoms with Crippen LogP contribution in [0.1, 0.15) is 0 Å². The monoisotopic (exact) mass is 227 g/mol. The van der Waals surface area contributed by atoms with E-state index in [0.717, 1.165) is 11.0 Å². The molecule has 0 aliphatic rings. The Morgan fingerprint density at radius 1 is 1.12 bits per heavy atom. The van der Waals surface area contributed by atoms with E-state index < -0.39 is 0 Å². The highest BCUT2D eigenvalue weighted by molar-refractivity contribution is 5.78. The van der Waals surface area contributed by atoms with Crippen molar-refractivity contribution in [3.05, 3.63) is 54.6 Å². The lowest BCUT2D eigenvalue weighted by Gasteiger charge is -2.07. The number of benzene rings is 2. The molecule has 0 bridgehead atoms. The summed E-state index contributed by atoms with van der Waals surface area (Å²) >= 11 is 0. The van der Waals surface area contributed by atoms with Gasteiger partial charge in [-0.25, -0.2) is 9.37 Å². The first kappa shape index (κ1) is 9.84. The van der Waals surface area contributed by atoms with Crippen LogP contribution in [-0.2, 0) is 0 Å². The zero-order valence-electron chi connectivity index (χ0n) is 8.97. The highest BCUT2D eigenvalue weighted by Crippen LogP contribution is 2.23. The number of imidazole rings is 1. The Morgan fingerprint density at radius 2 is 1.94 bits per heavy atom. The molecule has 0 saturated heterocycles. The van der Waals surface area contributed by atoms with Crippen molar-refractivity contribution in [2.75, 3.05) is 5.73 Å². The van der Waals surface area contributed by atoms with Gasteiger partial charge in [-0.2, -0.15) is 0 Å². The highest BCUT2D eigenvalue weighted by Gasteiger charge is 2.07. The lowest BCUT2D eigenvalue weighted by atomic mass is 10.2. The van der Waals surface area contributed by atoms with E-state index in [-0.39, 0.29) is 5.82 Å². The van der Waals surface area contributed by atoms with Crippen LogP contribution >= 0.6 is 0 Å². The van der Waals surface area contributed by atoms with Crippen molar-refractivity contribution in [1.82, 2.24) is 9.55 Å². The van der Waals surface area contributed by atoms with Crippen LogP contribution in [0.2, 0.25) is 0 Å². The van der Waals surface area contributed by atoms with Crippen molar-refractivity contribution >= 4 is 16.7 Å². The van der Waals surface area contributed by atoms with Gasteiger partial charge in [-0.05, 0) is 24.3 Å². The third-order valence-corrected chi connectivity index (χ3v) is 2.71. The summed E-state index contributed by atoms with van der Waals surface area (Å²) in [6.07, 6.45) is 1.65. The number of fused-ring (bicyclic) bond motifs is 1. The predicted molar refractivity (Wildman–Crippen MR) is 65.4 cm³/mol. The second-order valence-corrected chi connectivity index (χ2v) is 3.81. The minimum absolute atomic E-state index is 0.313. The van der Waals surface area contributed by atoms with Gasteiger partial charge < -0.3 is 5.73 Å². The highest BCUT2D eigenvalue weighted by atomic mass is 19.1. The molecule has 3 nitrogen and oxygen atoms in total. The van der Waals surface area contributed by atoms with Crippen LogP contribution in [0.5, 0.6) is 0 Å². The summed E-state index contributed by atoms with van der Waals surface area (Å²) in [6, 6.07) is 12.0. The fraction of sp³-hybridized carbons (Fsp3) is 0. The predicted octanol–water partition coefficient (Wildman–Crippen LogP) is 2.75. The first-order valence-corrected chi connectivity index (χ1v) is 5.23. The Morgan fingerprint density at radius 3 is 2.82 bits per heavy atom. The molecule has 0 saturated carbocycles. The number of halogens is 1. The maximum Gasteiger partial charge on any atom is 0.125 e. The molecule has 0 fully saturated rings. The van der Waals surface area contributed by atoms with Gasteiger partial charge in [0.15, 0.2) is 0 Å². The molecule has 2 N–H and O–H groups in total. The van der Waals surface area contributed by atoms with Gasteiger partial charge in [-0.15, -0.1) is 0 Å². The molecule has 0 unspecified atom stereocenters. The summed E-state index contributed by atoms with van der Waals surface area (Å²) in [4.78, 5) is 4.25. The quantitative estimate of drug-likeness (QED) is 0.649. The van der Waals surface area contributed by atoms with E-state index in [2.05, 4.69) is 4.98 Å². The summed E-state index contributed by atoms with van der Waals surface area (Å²) in [5.41, 5.74) is 8.75. The second-order valence-electron chi connectivity index (χ2n) is 3.81. The third-order valence-electron chi connectivity index (χ3n) is 2.71. The molecule has 1 heterocycles. The van der Waals surface area contributed by atoms with E-state index in [1.54, 1.807) is 17.0 Å². The van der Waals surface area contributed by atoms with Crippen LogP contribution in [0, 0.1) is 5.82 Å². The molecule has 17 heavy (non-hydrogen) atoms. The summed E-state index contributed by atoms with van der Waals surface area (Å²) in [5, 5.41) is 0. The molecule has 2 aromatic carbocycles. The number of nitrogens with zero attached hydrogens (tertiary/aromatic N) is 2. The molecule has 3 rings (SSSR count). The molecule has 0 amide bonds. The largest absolute Gasteiger partial charge is 0.397 e. The topological polar surface area (TPSA) is 43.8 Å². The molecule has 1 aromatic heterocycles. The number of hydrogen-bond donors (Lipinski definition) is 1. The lowest BCUT2D eigenvalue weighted by molar-refractivity contribution is 0.627. The summed E-state index contributed by atoms with van der Waals surface area (Å²) in [5.74, 6) is -0.313. The van der Waals surface area contributed by atoms with Crippen molar-refractivity contribution in [2.24, 2.45) is 0 Å². The second kappa shape index (κ2) is 3.59. The minimum Gasteiger partial charge on any atom is -0.397 e. The lowest BCUT2D eigenvalue weighted by Crippen LogP contribution is -1.99. The van der Waals surface area contributed by atoms with E-state index in [1.165, 1.54) is 12.1 Å². The van der Waals surface area contributed by atoms with Crippen LogP contribution in [0.3, 0.4) is 0 Å². The van der Waals surface area contributed by atoms with Crippen LogP contribution in [-0.4, -0.2) is 9.55 Å². The zero-order chi connectivity index (χ0) is 11.8. The molecule has 4 heteroatoms. The van der Waals surface area contributed by atoms with Gasteiger partial charge in [-0.1, -0.05) is 12.1 Å². The SMILES string of the molecule is Nc1ccc(F)cc1-n1cnc2ccccc21. The van der Waals surface area contributed by atoms with E-state index in [0.29, 0.717) is 11.4 Å². The van der Waals surface area contributed by atoms with Gasteiger partial charge in [0.1, 0.15) is 12.1 Å².